The lowest BCUT2D eigenvalue weighted by atomic mass is 10.1. The Morgan fingerprint density at radius 1 is 1.24 bits per heavy atom. The molecule has 120 valence electrons. The number of anilines is 1. The molecule has 0 aliphatic heterocycles. The molecule has 1 fully saturated rings. The van der Waals surface area contributed by atoms with Gasteiger partial charge in [-0.3, -0.25) is 0 Å². The van der Waals surface area contributed by atoms with Crippen LogP contribution in [-0.4, -0.2) is 24.6 Å². The molecule has 21 heavy (non-hydrogen) atoms. The van der Waals surface area contributed by atoms with Crippen molar-refractivity contribution >= 4 is 16.5 Å². The largest absolute Gasteiger partial charge is 0.348 e. The number of hydrogen-bond acceptors (Lipinski definition) is 4. The van der Waals surface area contributed by atoms with E-state index in [9.17, 15) is 0 Å². The second-order valence-corrected chi connectivity index (χ2v) is 7.56. The average Bonchev–Trinajstić information content (AvgIpc) is 2.71. The number of nitrogens with one attached hydrogen (secondary N) is 1. The highest BCUT2D eigenvalue weighted by atomic mass is 32.1. The van der Waals surface area contributed by atoms with Gasteiger partial charge in [0.15, 0.2) is 5.13 Å². The molecule has 2 rings (SSSR count). The summed E-state index contributed by atoms with van der Waals surface area (Å²) in [6.07, 6.45) is 8.23. The molecule has 1 aliphatic carbocycles. The van der Waals surface area contributed by atoms with Crippen molar-refractivity contribution in [1.29, 1.82) is 0 Å². The van der Waals surface area contributed by atoms with Crippen molar-refractivity contribution in [1.82, 2.24) is 10.3 Å². The highest BCUT2D eigenvalue weighted by Gasteiger charge is 2.22. The molecule has 0 radical (unpaired) electrons. The van der Waals surface area contributed by atoms with E-state index in [1.54, 1.807) is 0 Å². The summed E-state index contributed by atoms with van der Waals surface area (Å²) in [6.45, 7) is 8.64. The number of thiazole rings is 1. The zero-order chi connectivity index (χ0) is 15.2. The van der Waals surface area contributed by atoms with Crippen molar-refractivity contribution in [2.24, 2.45) is 0 Å². The molecule has 1 aromatic rings. The van der Waals surface area contributed by atoms with Gasteiger partial charge in [0.1, 0.15) is 0 Å². The lowest BCUT2D eigenvalue weighted by molar-refractivity contribution is 0.551. The van der Waals surface area contributed by atoms with Crippen LogP contribution in [0.1, 0.15) is 75.8 Å². The Labute approximate surface area is 134 Å². The Kier molecular flexibility index (Phi) is 6.49. The summed E-state index contributed by atoms with van der Waals surface area (Å²) in [5.74, 6) is 0.506. The fourth-order valence-electron chi connectivity index (χ4n) is 3.12. The molecule has 1 aliphatic rings. The van der Waals surface area contributed by atoms with E-state index < -0.39 is 0 Å². The van der Waals surface area contributed by atoms with Crippen molar-refractivity contribution in [3.05, 3.63) is 10.6 Å². The van der Waals surface area contributed by atoms with Gasteiger partial charge in [0.25, 0.3) is 0 Å². The van der Waals surface area contributed by atoms with Crippen LogP contribution in [0.4, 0.5) is 5.13 Å². The van der Waals surface area contributed by atoms with Crippen LogP contribution in [0.5, 0.6) is 0 Å². The molecule has 0 bridgehead atoms. The molecule has 0 atom stereocenters. The molecular weight excluding hydrogens is 278 g/mol. The summed E-state index contributed by atoms with van der Waals surface area (Å²) in [5.41, 5.74) is 1.29. The van der Waals surface area contributed by atoms with Crippen molar-refractivity contribution in [3.63, 3.8) is 0 Å². The van der Waals surface area contributed by atoms with Crippen molar-refractivity contribution in [2.45, 2.75) is 77.8 Å². The van der Waals surface area contributed by atoms with E-state index in [0.29, 0.717) is 12.0 Å². The van der Waals surface area contributed by atoms with E-state index in [-0.39, 0.29) is 0 Å². The Morgan fingerprint density at radius 2 is 1.90 bits per heavy atom. The third kappa shape index (κ3) is 4.43. The third-order valence-electron chi connectivity index (χ3n) is 4.47. The maximum atomic E-state index is 4.97. The molecule has 3 nitrogen and oxygen atoms in total. The van der Waals surface area contributed by atoms with E-state index in [4.69, 9.17) is 4.98 Å². The minimum absolute atomic E-state index is 0.506. The van der Waals surface area contributed by atoms with E-state index in [2.05, 4.69) is 38.0 Å². The predicted molar refractivity (Wildman–Crippen MR) is 93.5 cm³/mol. The molecule has 1 heterocycles. The number of rotatable bonds is 6. The lowest BCUT2D eigenvalue weighted by Crippen LogP contribution is -2.30. The second kappa shape index (κ2) is 8.14. The summed E-state index contributed by atoms with van der Waals surface area (Å²) >= 11 is 1.89. The monoisotopic (exact) mass is 309 g/mol. The highest BCUT2D eigenvalue weighted by Crippen LogP contribution is 2.33. The Morgan fingerprint density at radius 3 is 2.48 bits per heavy atom. The quantitative estimate of drug-likeness (QED) is 0.782. The first-order valence-electron chi connectivity index (χ1n) is 8.56. The SMILES string of the molecule is CCNCc1sc(N(C)C2CCCCCC2)nc1C(C)C. The summed E-state index contributed by atoms with van der Waals surface area (Å²) in [5, 5.41) is 4.67. The van der Waals surface area contributed by atoms with Gasteiger partial charge in [0.05, 0.1) is 5.69 Å². The molecular formula is C17H31N3S. The van der Waals surface area contributed by atoms with Crippen LogP contribution in [0.3, 0.4) is 0 Å². The van der Waals surface area contributed by atoms with Gasteiger partial charge in [-0.1, -0.05) is 46.5 Å². The van der Waals surface area contributed by atoms with Gasteiger partial charge in [-0.15, -0.1) is 11.3 Å². The second-order valence-electron chi connectivity index (χ2n) is 6.50. The Balaban J connectivity index is 2.13. The van der Waals surface area contributed by atoms with Crippen LogP contribution in [0.2, 0.25) is 0 Å². The molecule has 4 heteroatoms. The van der Waals surface area contributed by atoms with E-state index in [0.717, 1.165) is 13.1 Å². The smallest absolute Gasteiger partial charge is 0.185 e. The van der Waals surface area contributed by atoms with Gasteiger partial charge in [-0.2, -0.15) is 0 Å². The zero-order valence-electron chi connectivity index (χ0n) is 14.1. The molecule has 1 N–H and O–H groups in total. The summed E-state index contributed by atoms with van der Waals surface area (Å²) in [4.78, 5) is 8.85. The highest BCUT2D eigenvalue weighted by molar-refractivity contribution is 7.15. The Bertz CT molecular complexity index is 420. The first kappa shape index (κ1) is 16.8. The van der Waals surface area contributed by atoms with Gasteiger partial charge in [-0.25, -0.2) is 4.98 Å². The van der Waals surface area contributed by atoms with Gasteiger partial charge in [0, 0.05) is 24.5 Å². The minimum atomic E-state index is 0.506. The van der Waals surface area contributed by atoms with Crippen molar-refractivity contribution in [2.75, 3.05) is 18.5 Å². The molecule has 0 saturated heterocycles. The van der Waals surface area contributed by atoms with Crippen LogP contribution >= 0.6 is 11.3 Å². The van der Waals surface area contributed by atoms with Gasteiger partial charge in [-0.05, 0) is 25.3 Å². The van der Waals surface area contributed by atoms with Crippen LogP contribution in [0.15, 0.2) is 0 Å². The fourth-order valence-corrected chi connectivity index (χ4v) is 4.34. The van der Waals surface area contributed by atoms with Crippen molar-refractivity contribution < 1.29 is 0 Å². The van der Waals surface area contributed by atoms with Gasteiger partial charge in [0.2, 0.25) is 0 Å². The van der Waals surface area contributed by atoms with Gasteiger partial charge >= 0.3 is 0 Å². The third-order valence-corrected chi connectivity index (χ3v) is 5.63. The van der Waals surface area contributed by atoms with Crippen molar-refractivity contribution in [3.8, 4) is 0 Å². The standard InChI is InChI=1S/C17H31N3S/c1-5-18-12-15-16(13(2)3)19-17(21-15)20(4)14-10-8-6-7-9-11-14/h13-14,18H,5-12H2,1-4H3. The van der Waals surface area contributed by atoms with E-state index in [1.807, 2.05) is 11.3 Å². The molecule has 0 spiro atoms. The minimum Gasteiger partial charge on any atom is -0.348 e. The first-order valence-corrected chi connectivity index (χ1v) is 9.38. The van der Waals surface area contributed by atoms with Crippen LogP contribution < -0.4 is 10.2 Å². The first-order chi connectivity index (χ1) is 10.1. The summed E-state index contributed by atoms with van der Waals surface area (Å²) < 4.78 is 0. The van der Waals surface area contributed by atoms with E-state index >= 15 is 0 Å². The van der Waals surface area contributed by atoms with Gasteiger partial charge < -0.3 is 10.2 Å². The molecule has 0 unspecified atom stereocenters. The number of hydrogen-bond donors (Lipinski definition) is 1. The average molecular weight is 310 g/mol. The molecule has 0 aromatic carbocycles. The topological polar surface area (TPSA) is 28.2 Å². The normalized spacial score (nSPS) is 17.2. The maximum absolute atomic E-state index is 4.97. The summed E-state index contributed by atoms with van der Waals surface area (Å²) in [6, 6.07) is 0.686. The zero-order valence-corrected chi connectivity index (χ0v) is 14.9. The predicted octanol–water partition coefficient (Wildman–Crippen LogP) is 4.54. The lowest BCUT2D eigenvalue weighted by Gasteiger charge is -2.26. The fraction of sp³-hybridized carbons (Fsp3) is 0.824. The van der Waals surface area contributed by atoms with Crippen LogP contribution in [-0.2, 0) is 6.54 Å². The molecule has 1 aromatic heterocycles. The van der Waals surface area contributed by atoms with Crippen LogP contribution in [0, 0.1) is 0 Å². The molecule has 1 saturated carbocycles. The van der Waals surface area contributed by atoms with Crippen LogP contribution in [0.25, 0.3) is 0 Å². The number of nitrogens with zero attached hydrogens (tertiary/aromatic N) is 2. The maximum Gasteiger partial charge on any atom is 0.185 e. The van der Waals surface area contributed by atoms with E-state index in [1.165, 1.54) is 54.2 Å². The molecule has 0 amide bonds. The number of aromatic nitrogens is 1. The Hall–Kier alpha value is -0.610. The summed E-state index contributed by atoms with van der Waals surface area (Å²) in [7, 11) is 2.25.